The third-order valence-electron chi connectivity index (χ3n) is 2.37. The molecule has 0 N–H and O–H groups in total. The van der Waals surface area contributed by atoms with Crippen molar-refractivity contribution in [3.05, 3.63) is 24.9 Å². The predicted octanol–water partition coefficient (Wildman–Crippen LogP) is 1.35. The van der Waals surface area contributed by atoms with Crippen LogP contribution in [0.2, 0.25) is 0 Å². The highest BCUT2D eigenvalue weighted by molar-refractivity contribution is 5.92. The molecule has 0 aliphatic carbocycles. The maximum Gasteiger partial charge on any atom is 0.127 e. The van der Waals surface area contributed by atoms with Crippen molar-refractivity contribution in [2.75, 3.05) is 33.2 Å². The lowest BCUT2D eigenvalue weighted by Crippen LogP contribution is -2.46. The minimum atomic E-state index is 0.983. The van der Waals surface area contributed by atoms with Gasteiger partial charge in [-0.2, -0.15) is 0 Å². The molecule has 0 unspecified atom stereocenters. The van der Waals surface area contributed by atoms with Crippen molar-refractivity contribution in [2.45, 2.75) is 6.92 Å². The number of piperazine rings is 1. The zero-order valence-corrected chi connectivity index (χ0v) is 9.11. The van der Waals surface area contributed by atoms with Crippen molar-refractivity contribution in [2.24, 2.45) is 4.99 Å². The van der Waals surface area contributed by atoms with Gasteiger partial charge in [-0.25, -0.2) is 4.99 Å². The van der Waals surface area contributed by atoms with Crippen molar-refractivity contribution in [1.82, 2.24) is 9.80 Å². The molecule has 0 atom stereocenters. The Morgan fingerprint density at radius 2 is 1.93 bits per heavy atom. The second-order valence-electron chi connectivity index (χ2n) is 3.46. The zero-order valence-electron chi connectivity index (χ0n) is 9.11. The molecule has 1 rings (SSSR count). The van der Waals surface area contributed by atoms with Gasteiger partial charge < -0.3 is 9.80 Å². The van der Waals surface area contributed by atoms with Gasteiger partial charge in [-0.15, -0.1) is 0 Å². The van der Waals surface area contributed by atoms with Crippen LogP contribution in [0.3, 0.4) is 0 Å². The molecule has 0 bridgehead atoms. The van der Waals surface area contributed by atoms with E-state index < -0.39 is 0 Å². The minimum absolute atomic E-state index is 0.983. The SMILES string of the molecule is C=CC(=N/C=C\C)N1CCN(C)CC1. The van der Waals surface area contributed by atoms with Crippen LogP contribution < -0.4 is 0 Å². The Kier molecular flexibility index (Phi) is 4.40. The number of likely N-dealkylation sites (N-methyl/N-ethyl adjacent to an activating group) is 1. The Morgan fingerprint density at radius 1 is 1.29 bits per heavy atom. The summed E-state index contributed by atoms with van der Waals surface area (Å²) in [5, 5.41) is 0. The van der Waals surface area contributed by atoms with Crippen LogP contribution in [0, 0.1) is 0 Å². The molecular formula is C11H19N3. The number of nitrogens with zero attached hydrogens (tertiary/aromatic N) is 3. The van der Waals surface area contributed by atoms with Crippen molar-refractivity contribution in [3.63, 3.8) is 0 Å². The topological polar surface area (TPSA) is 18.8 Å². The van der Waals surface area contributed by atoms with Gasteiger partial charge in [-0.05, 0) is 20.0 Å². The molecule has 1 aliphatic heterocycles. The molecule has 0 amide bonds. The molecule has 1 fully saturated rings. The highest BCUT2D eigenvalue weighted by Crippen LogP contribution is 2.01. The Morgan fingerprint density at radius 3 is 2.43 bits per heavy atom. The molecule has 3 heteroatoms. The highest BCUT2D eigenvalue weighted by Gasteiger charge is 2.14. The second-order valence-corrected chi connectivity index (χ2v) is 3.46. The molecule has 1 heterocycles. The standard InChI is InChI=1S/C11H19N3/c1-4-6-12-11(5-2)14-9-7-13(3)8-10-14/h4-6H,2,7-10H2,1,3H3/b6-4-,12-11?. The smallest absolute Gasteiger partial charge is 0.127 e. The Hall–Kier alpha value is -1.09. The summed E-state index contributed by atoms with van der Waals surface area (Å²) < 4.78 is 0. The normalized spacial score (nSPS) is 20.4. The molecule has 14 heavy (non-hydrogen) atoms. The highest BCUT2D eigenvalue weighted by atomic mass is 15.3. The molecule has 0 aromatic carbocycles. The van der Waals surface area contributed by atoms with Crippen LogP contribution in [0.25, 0.3) is 0 Å². The number of rotatable bonds is 2. The minimum Gasteiger partial charge on any atom is -0.354 e. The van der Waals surface area contributed by atoms with Gasteiger partial charge in [0.1, 0.15) is 5.84 Å². The van der Waals surface area contributed by atoms with Gasteiger partial charge in [0.05, 0.1) is 0 Å². The Bertz CT molecular complexity index is 235. The first-order valence-electron chi connectivity index (χ1n) is 5.03. The number of aliphatic imine (C=N–C) groups is 1. The third-order valence-corrected chi connectivity index (χ3v) is 2.37. The Labute approximate surface area is 86.4 Å². The van der Waals surface area contributed by atoms with E-state index in [0.717, 1.165) is 32.0 Å². The molecule has 0 aromatic heterocycles. The summed E-state index contributed by atoms with van der Waals surface area (Å²) in [4.78, 5) is 8.93. The van der Waals surface area contributed by atoms with E-state index in [2.05, 4.69) is 28.4 Å². The van der Waals surface area contributed by atoms with Gasteiger partial charge in [0.15, 0.2) is 0 Å². The third kappa shape index (κ3) is 3.00. The lowest BCUT2D eigenvalue weighted by molar-refractivity contribution is 0.216. The van der Waals surface area contributed by atoms with Crippen LogP contribution in [0.4, 0.5) is 0 Å². The summed E-state index contributed by atoms with van der Waals surface area (Å²) in [5.74, 6) is 0.983. The predicted molar refractivity (Wildman–Crippen MR) is 61.5 cm³/mol. The van der Waals surface area contributed by atoms with Crippen molar-refractivity contribution >= 4 is 5.84 Å². The summed E-state index contributed by atoms with van der Waals surface area (Å²) in [5.41, 5.74) is 0. The monoisotopic (exact) mass is 193 g/mol. The van der Waals surface area contributed by atoms with E-state index in [-0.39, 0.29) is 0 Å². The summed E-state index contributed by atoms with van der Waals surface area (Å²) in [6.07, 6.45) is 5.57. The quantitative estimate of drug-likeness (QED) is 0.487. The van der Waals surface area contributed by atoms with E-state index in [1.54, 1.807) is 0 Å². The zero-order chi connectivity index (χ0) is 10.4. The number of allylic oxidation sites excluding steroid dienone is 1. The van der Waals surface area contributed by atoms with E-state index >= 15 is 0 Å². The molecule has 0 radical (unpaired) electrons. The number of amidine groups is 1. The molecule has 0 aromatic rings. The largest absolute Gasteiger partial charge is 0.354 e. The fraction of sp³-hybridized carbons (Fsp3) is 0.545. The Balaban J connectivity index is 2.57. The maximum atomic E-state index is 4.33. The lowest BCUT2D eigenvalue weighted by Gasteiger charge is -2.33. The molecule has 0 saturated carbocycles. The van der Waals surface area contributed by atoms with Crippen LogP contribution in [-0.4, -0.2) is 48.9 Å². The number of hydrogen-bond acceptors (Lipinski definition) is 2. The first-order chi connectivity index (χ1) is 6.77. The van der Waals surface area contributed by atoms with Crippen LogP contribution >= 0.6 is 0 Å². The van der Waals surface area contributed by atoms with Crippen molar-refractivity contribution in [1.29, 1.82) is 0 Å². The molecule has 0 spiro atoms. The maximum absolute atomic E-state index is 4.33. The van der Waals surface area contributed by atoms with Gasteiger partial charge >= 0.3 is 0 Å². The summed E-state index contributed by atoms with van der Waals surface area (Å²) in [6.45, 7) is 10.0. The van der Waals surface area contributed by atoms with E-state index in [9.17, 15) is 0 Å². The van der Waals surface area contributed by atoms with Crippen LogP contribution in [0.5, 0.6) is 0 Å². The van der Waals surface area contributed by atoms with Gasteiger partial charge in [-0.3, -0.25) is 0 Å². The van der Waals surface area contributed by atoms with E-state index in [4.69, 9.17) is 0 Å². The van der Waals surface area contributed by atoms with E-state index in [0.29, 0.717) is 0 Å². The summed E-state index contributed by atoms with van der Waals surface area (Å²) in [7, 11) is 2.15. The van der Waals surface area contributed by atoms with E-state index in [1.807, 2.05) is 25.3 Å². The molecule has 1 aliphatic rings. The van der Waals surface area contributed by atoms with Gasteiger partial charge in [0.25, 0.3) is 0 Å². The van der Waals surface area contributed by atoms with Crippen molar-refractivity contribution < 1.29 is 0 Å². The first kappa shape index (κ1) is 11.0. The lowest BCUT2D eigenvalue weighted by atomic mass is 10.3. The summed E-state index contributed by atoms with van der Waals surface area (Å²) >= 11 is 0. The van der Waals surface area contributed by atoms with Crippen LogP contribution in [-0.2, 0) is 0 Å². The van der Waals surface area contributed by atoms with Crippen LogP contribution in [0.1, 0.15) is 6.92 Å². The van der Waals surface area contributed by atoms with Gasteiger partial charge in [0, 0.05) is 32.4 Å². The fourth-order valence-electron chi connectivity index (χ4n) is 1.45. The first-order valence-corrected chi connectivity index (χ1v) is 5.03. The average molecular weight is 193 g/mol. The van der Waals surface area contributed by atoms with E-state index in [1.165, 1.54) is 0 Å². The molecule has 3 nitrogen and oxygen atoms in total. The summed E-state index contributed by atoms with van der Waals surface area (Å²) in [6, 6.07) is 0. The molecular weight excluding hydrogens is 174 g/mol. The van der Waals surface area contributed by atoms with Gasteiger partial charge in [-0.1, -0.05) is 12.7 Å². The number of hydrogen-bond donors (Lipinski definition) is 0. The van der Waals surface area contributed by atoms with Crippen molar-refractivity contribution in [3.8, 4) is 0 Å². The van der Waals surface area contributed by atoms with Crippen LogP contribution in [0.15, 0.2) is 29.9 Å². The molecule has 1 saturated heterocycles. The molecule has 78 valence electrons. The average Bonchev–Trinajstić information content (AvgIpc) is 2.21. The van der Waals surface area contributed by atoms with Gasteiger partial charge in [0.2, 0.25) is 0 Å². The second kappa shape index (κ2) is 5.60. The fourth-order valence-corrected chi connectivity index (χ4v) is 1.45.